The number of rotatable bonds is 6. The third kappa shape index (κ3) is 3.88. The molecule has 1 aliphatic carbocycles. The molecule has 1 amide bonds. The van der Waals surface area contributed by atoms with Crippen LogP contribution in [0.25, 0.3) is 0 Å². The van der Waals surface area contributed by atoms with Crippen LogP contribution in [-0.4, -0.2) is 30.3 Å². The Morgan fingerprint density at radius 3 is 2.64 bits per heavy atom. The molecule has 1 fully saturated rings. The number of hydrogen-bond acceptors (Lipinski definition) is 4. The Bertz CT molecular complexity index is 852. The summed E-state index contributed by atoms with van der Waals surface area (Å²) in [6.45, 7) is -2.44. The van der Waals surface area contributed by atoms with E-state index >= 15 is 0 Å². The highest BCUT2D eigenvalue weighted by Gasteiger charge is 2.30. The molecule has 2 aromatic rings. The third-order valence-electron chi connectivity index (χ3n) is 5.15. The number of carbonyl (C=O) groups excluding carboxylic acids is 1. The van der Waals surface area contributed by atoms with Crippen molar-refractivity contribution in [2.45, 2.75) is 44.9 Å². The van der Waals surface area contributed by atoms with Crippen LogP contribution in [0.1, 0.15) is 41.6 Å². The molecule has 0 aromatic heterocycles. The van der Waals surface area contributed by atoms with Gasteiger partial charge >= 0.3 is 6.61 Å². The fourth-order valence-electron chi connectivity index (χ4n) is 3.82. The summed E-state index contributed by atoms with van der Waals surface area (Å²) in [4.78, 5) is 15.1. The van der Waals surface area contributed by atoms with E-state index in [1.165, 1.54) is 12.1 Å². The zero-order valence-electron chi connectivity index (χ0n) is 15.3. The van der Waals surface area contributed by atoms with E-state index in [4.69, 9.17) is 9.47 Å². The Labute approximate surface area is 161 Å². The largest absolute Gasteiger partial charge is 0.454 e. The fraction of sp³-hybridized carbons (Fsp3) is 0.381. The van der Waals surface area contributed by atoms with Crippen molar-refractivity contribution in [3.05, 3.63) is 53.6 Å². The number of nitrogens with zero attached hydrogens (tertiary/aromatic N) is 1. The summed E-state index contributed by atoms with van der Waals surface area (Å²) in [6, 6.07) is 11.8. The molecule has 2 aromatic carbocycles. The highest BCUT2D eigenvalue weighted by atomic mass is 19.3. The third-order valence-corrected chi connectivity index (χ3v) is 5.15. The normalized spacial score (nSPS) is 15.8. The van der Waals surface area contributed by atoms with Gasteiger partial charge in [0.2, 0.25) is 6.79 Å². The topological polar surface area (TPSA) is 48.0 Å². The summed E-state index contributed by atoms with van der Waals surface area (Å²) in [7, 11) is 0. The lowest BCUT2D eigenvalue weighted by atomic mass is 10.1. The van der Waals surface area contributed by atoms with Gasteiger partial charge in [0.15, 0.2) is 11.5 Å². The Hall–Kier alpha value is -2.83. The molecule has 0 unspecified atom stereocenters. The number of benzene rings is 2. The number of alkyl halides is 2. The molecule has 0 saturated heterocycles. The van der Waals surface area contributed by atoms with Gasteiger partial charge in [0.05, 0.1) is 5.56 Å². The molecule has 148 valence electrons. The first-order valence-corrected chi connectivity index (χ1v) is 9.35. The monoisotopic (exact) mass is 389 g/mol. The molecule has 4 rings (SSSR count). The van der Waals surface area contributed by atoms with Crippen molar-refractivity contribution < 1.29 is 27.8 Å². The van der Waals surface area contributed by atoms with E-state index in [9.17, 15) is 13.6 Å². The molecule has 1 saturated carbocycles. The Kier molecular flexibility index (Phi) is 5.32. The lowest BCUT2D eigenvalue weighted by Crippen LogP contribution is -2.38. The number of amides is 1. The van der Waals surface area contributed by atoms with E-state index in [1.807, 2.05) is 18.2 Å². The first kappa shape index (κ1) is 18.5. The van der Waals surface area contributed by atoms with Gasteiger partial charge in [0, 0.05) is 12.6 Å². The van der Waals surface area contributed by atoms with Crippen LogP contribution in [0.3, 0.4) is 0 Å². The van der Waals surface area contributed by atoms with E-state index in [2.05, 4.69) is 4.74 Å². The predicted molar refractivity (Wildman–Crippen MR) is 97.8 cm³/mol. The predicted octanol–water partition coefficient (Wildman–Crippen LogP) is 4.60. The zero-order chi connectivity index (χ0) is 19.5. The molecular formula is C21H21F2NO4. The van der Waals surface area contributed by atoms with Crippen LogP contribution in [0.2, 0.25) is 0 Å². The fourth-order valence-corrected chi connectivity index (χ4v) is 3.82. The summed E-state index contributed by atoms with van der Waals surface area (Å²) in [6.07, 6.45) is 3.89. The minimum absolute atomic E-state index is 0.0672. The van der Waals surface area contributed by atoms with Gasteiger partial charge in [-0.15, -0.1) is 0 Å². The zero-order valence-corrected chi connectivity index (χ0v) is 15.3. The van der Waals surface area contributed by atoms with Crippen molar-refractivity contribution in [3.63, 3.8) is 0 Å². The summed E-state index contributed by atoms with van der Waals surface area (Å²) in [5.41, 5.74) is 1.05. The Morgan fingerprint density at radius 2 is 1.86 bits per heavy atom. The highest BCUT2D eigenvalue weighted by Crippen LogP contribution is 2.34. The van der Waals surface area contributed by atoms with Gasteiger partial charge in [-0.05, 0) is 42.7 Å². The quantitative estimate of drug-likeness (QED) is 0.724. The first-order valence-electron chi connectivity index (χ1n) is 9.35. The number of fused-ring (bicyclic) bond motifs is 1. The van der Waals surface area contributed by atoms with Gasteiger partial charge in [-0.2, -0.15) is 8.78 Å². The van der Waals surface area contributed by atoms with Crippen molar-refractivity contribution in [1.82, 2.24) is 4.90 Å². The minimum Gasteiger partial charge on any atom is -0.454 e. The molecule has 0 N–H and O–H groups in total. The average Bonchev–Trinajstić information content (AvgIpc) is 3.37. The molecule has 0 spiro atoms. The minimum atomic E-state index is -2.98. The second-order valence-electron chi connectivity index (χ2n) is 6.93. The van der Waals surface area contributed by atoms with Crippen LogP contribution in [0.15, 0.2) is 42.5 Å². The maximum atomic E-state index is 13.3. The average molecular weight is 389 g/mol. The van der Waals surface area contributed by atoms with Gasteiger partial charge in [-0.25, -0.2) is 0 Å². The van der Waals surface area contributed by atoms with Crippen LogP contribution >= 0.6 is 0 Å². The van der Waals surface area contributed by atoms with Gasteiger partial charge in [-0.3, -0.25) is 4.79 Å². The second kappa shape index (κ2) is 8.04. The van der Waals surface area contributed by atoms with Crippen molar-refractivity contribution in [2.75, 3.05) is 6.79 Å². The first-order chi connectivity index (χ1) is 13.6. The van der Waals surface area contributed by atoms with Crippen LogP contribution < -0.4 is 14.2 Å². The van der Waals surface area contributed by atoms with E-state index in [1.54, 1.807) is 17.0 Å². The van der Waals surface area contributed by atoms with Crippen molar-refractivity contribution >= 4 is 5.91 Å². The van der Waals surface area contributed by atoms with Crippen molar-refractivity contribution in [3.8, 4) is 17.2 Å². The van der Waals surface area contributed by atoms with Crippen LogP contribution in [-0.2, 0) is 6.54 Å². The van der Waals surface area contributed by atoms with E-state index < -0.39 is 6.61 Å². The lowest BCUT2D eigenvalue weighted by Gasteiger charge is -2.30. The smallest absolute Gasteiger partial charge is 0.387 e. The molecule has 1 heterocycles. The molecule has 5 nitrogen and oxygen atoms in total. The highest BCUT2D eigenvalue weighted by molar-refractivity contribution is 5.97. The molecule has 0 radical (unpaired) electrons. The Balaban J connectivity index is 1.62. The summed E-state index contributed by atoms with van der Waals surface area (Å²) in [5.74, 6) is 0.924. The summed E-state index contributed by atoms with van der Waals surface area (Å²) >= 11 is 0. The van der Waals surface area contributed by atoms with E-state index in [-0.39, 0.29) is 30.1 Å². The molecule has 0 bridgehead atoms. The molecule has 2 aliphatic rings. The van der Waals surface area contributed by atoms with E-state index in [0.717, 1.165) is 31.2 Å². The SMILES string of the molecule is O=C(c1ccccc1OC(F)F)N(Cc1ccc2c(c1)OCO2)C1CCCC1. The number of ether oxygens (including phenoxy) is 3. The summed E-state index contributed by atoms with van der Waals surface area (Å²) in [5, 5.41) is 0. The van der Waals surface area contributed by atoms with Crippen LogP contribution in [0, 0.1) is 0 Å². The second-order valence-corrected chi connectivity index (χ2v) is 6.93. The lowest BCUT2D eigenvalue weighted by molar-refractivity contribution is -0.0503. The standard InChI is InChI=1S/C21H21F2NO4/c22-21(23)28-17-8-4-3-7-16(17)20(25)24(15-5-1-2-6-15)12-14-9-10-18-19(11-14)27-13-26-18/h3-4,7-11,15,21H,1-2,5-6,12-13H2. The van der Waals surface area contributed by atoms with E-state index in [0.29, 0.717) is 18.0 Å². The summed E-state index contributed by atoms with van der Waals surface area (Å²) < 4.78 is 40.9. The maximum Gasteiger partial charge on any atom is 0.387 e. The molecule has 7 heteroatoms. The molecular weight excluding hydrogens is 368 g/mol. The van der Waals surface area contributed by atoms with Crippen molar-refractivity contribution in [2.24, 2.45) is 0 Å². The molecule has 0 atom stereocenters. The van der Waals surface area contributed by atoms with Crippen LogP contribution in [0.5, 0.6) is 17.2 Å². The maximum absolute atomic E-state index is 13.3. The van der Waals surface area contributed by atoms with Gasteiger partial charge in [0.1, 0.15) is 5.75 Å². The van der Waals surface area contributed by atoms with Gasteiger partial charge in [-0.1, -0.05) is 31.0 Å². The van der Waals surface area contributed by atoms with Crippen molar-refractivity contribution in [1.29, 1.82) is 0 Å². The molecule has 1 aliphatic heterocycles. The number of carbonyl (C=O) groups is 1. The number of para-hydroxylation sites is 1. The Morgan fingerprint density at radius 1 is 1.11 bits per heavy atom. The number of halogens is 2. The van der Waals surface area contributed by atoms with Gasteiger partial charge in [0.25, 0.3) is 5.91 Å². The number of hydrogen-bond donors (Lipinski definition) is 0. The van der Waals surface area contributed by atoms with Crippen LogP contribution in [0.4, 0.5) is 8.78 Å². The van der Waals surface area contributed by atoms with Gasteiger partial charge < -0.3 is 19.1 Å². The molecule has 28 heavy (non-hydrogen) atoms.